The van der Waals surface area contributed by atoms with Crippen LogP contribution in [0.25, 0.3) is 0 Å². The Morgan fingerprint density at radius 1 is 1.04 bits per heavy atom. The molecule has 0 saturated carbocycles. The van der Waals surface area contributed by atoms with Crippen molar-refractivity contribution in [3.63, 3.8) is 0 Å². The van der Waals surface area contributed by atoms with E-state index < -0.39 is 0 Å². The van der Waals surface area contributed by atoms with Crippen LogP contribution in [-0.4, -0.2) is 23.3 Å². The van der Waals surface area contributed by atoms with Gasteiger partial charge in [0.15, 0.2) is 0 Å². The van der Waals surface area contributed by atoms with Crippen molar-refractivity contribution in [1.82, 2.24) is 4.90 Å². The second kappa shape index (κ2) is 8.42. The number of carbonyl (C=O) groups is 2. The third-order valence-electron chi connectivity index (χ3n) is 3.93. The lowest BCUT2D eigenvalue weighted by atomic mass is 10.0. The summed E-state index contributed by atoms with van der Waals surface area (Å²) >= 11 is 0. The molecule has 2 aromatic carbocycles. The van der Waals surface area contributed by atoms with Gasteiger partial charge in [0.25, 0.3) is 0 Å². The zero-order chi connectivity index (χ0) is 18.4. The van der Waals surface area contributed by atoms with Crippen LogP contribution < -0.4 is 5.32 Å². The molecule has 0 aliphatic heterocycles. The molecule has 0 aromatic heterocycles. The van der Waals surface area contributed by atoms with Gasteiger partial charge in [0.05, 0.1) is 0 Å². The number of amides is 2. The van der Waals surface area contributed by atoms with Gasteiger partial charge in [0.1, 0.15) is 12.4 Å². The monoisotopic (exact) mass is 342 g/mol. The number of benzene rings is 2. The molecular weight excluding hydrogens is 319 g/mol. The molecule has 0 aliphatic rings. The summed E-state index contributed by atoms with van der Waals surface area (Å²) in [7, 11) is 0. The van der Waals surface area contributed by atoms with Crippen molar-refractivity contribution in [2.24, 2.45) is 0 Å². The molecule has 0 heterocycles. The van der Waals surface area contributed by atoms with Crippen LogP contribution >= 0.6 is 0 Å². The molecule has 132 valence electrons. The van der Waals surface area contributed by atoms with E-state index in [0.29, 0.717) is 11.6 Å². The number of nitrogens with zero attached hydrogens (tertiary/aromatic N) is 1. The molecule has 0 bridgehead atoms. The Bertz CT molecular complexity index is 724. The molecule has 2 rings (SSSR count). The molecule has 5 heteroatoms. The Morgan fingerprint density at radius 2 is 1.64 bits per heavy atom. The van der Waals surface area contributed by atoms with E-state index in [1.54, 1.807) is 12.1 Å². The summed E-state index contributed by atoms with van der Waals surface area (Å²) in [6, 6.07) is 13.5. The maximum Gasteiger partial charge on any atom is 0.244 e. The maximum absolute atomic E-state index is 13.0. The number of hydrogen-bond donors (Lipinski definition) is 1. The number of carbonyl (C=O) groups excluding carboxylic acids is 2. The largest absolute Gasteiger partial charge is 0.329 e. The summed E-state index contributed by atoms with van der Waals surface area (Å²) in [6.45, 7) is 5.82. The Hall–Kier alpha value is -2.69. The van der Waals surface area contributed by atoms with Crippen molar-refractivity contribution < 1.29 is 14.0 Å². The first-order valence-electron chi connectivity index (χ1n) is 8.25. The van der Waals surface area contributed by atoms with Gasteiger partial charge < -0.3 is 10.2 Å². The van der Waals surface area contributed by atoms with Gasteiger partial charge in [0, 0.05) is 19.2 Å². The van der Waals surface area contributed by atoms with E-state index in [0.717, 1.165) is 5.56 Å². The number of rotatable bonds is 6. The summed E-state index contributed by atoms with van der Waals surface area (Å²) in [4.78, 5) is 25.4. The van der Waals surface area contributed by atoms with E-state index in [1.165, 1.54) is 29.5 Å². The second-order valence-corrected chi connectivity index (χ2v) is 6.33. The Balaban J connectivity index is 1.97. The van der Waals surface area contributed by atoms with Gasteiger partial charge in [-0.15, -0.1) is 0 Å². The Labute approximate surface area is 147 Å². The minimum atomic E-state index is -0.333. The molecule has 1 N–H and O–H groups in total. The fourth-order valence-corrected chi connectivity index (χ4v) is 2.41. The highest BCUT2D eigenvalue weighted by atomic mass is 19.1. The molecule has 0 unspecified atom stereocenters. The van der Waals surface area contributed by atoms with Gasteiger partial charge in [-0.3, -0.25) is 9.59 Å². The van der Waals surface area contributed by atoms with E-state index in [-0.39, 0.29) is 30.7 Å². The van der Waals surface area contributed by atoms with Gasteiger partial charge >= 0.3 is 0 Å². The van der Waals surface area contributed by atoms with Crippen LogP contribution in [0.2, 0.25) is 0 Å². The Morgan fingerprint density at radius 3 is 2.16 bits per heavy atom. The number of nitrogens with one attached hydrogen (secondary N) is 1. The summed E-state index contributed by atoms with van der Waals surface area (Å²) in [5.74, 6) is -0.390. The lowest BCUT2D eigenvalue weighted by molar-refractivity contribution is -0.133. The third kappa shape index (κ3) is 5.71. The summed E-state index contributed by atoms with van der Waals surface area (Å²) < 4.78 is 13.0. The second-order valence-electron chi connectivity index (χ2n) is 6.33. The van der Waals surface area contributed by atoms with E-state index in [9.17, 15) is 14.0 Å². The van der Waals surface area contributed by atoms with E-state index in [4.69, 9.17) is 0 Å². The van der Waals surface area contributed by atoms with Gasteiger partial charge in [0.2, 0.25) is 11.8 Å². The van der Waals surface area contributed by atoms with Crippen molar-refractivity contribution in [3.05, 3.63) is 65.5 Å². The van der Waals surface area contributed by atoms with Crippen LogP contribution in [0.5, 0.6) is 0 Å². The standard InChI is InChI=1S/C20H23FN2O2/c1-14(2)17-6-10-19(11-7-17)22-20(25)13-23(15(3)24)12-16-4-8-18(21)9-5-16/h4-11,14H,12-13H2,1-3H3,(H,22,25). The first-order chi connectivity index (χ1) is 11.8. The molecule has 0 spiro atoms. The fraction of sp³-hybridized carbons (Fsp3) is 0.300. The van der Waals surface area contributed by atoms with E-state index in [1.807, 2.05) is 24.3 Å². The van der Waals surface area contributed by atoms with E-state index >= 15 is 0 Å². The topological polar surface area (TPSA) is 49.4 Å². The van der Waals surface area contributed by atoms with Crippen LogP contribution in [0.15, 0.2) is 48.5 Å². The fourth-order valence-electron chi connectivity index (χ4n) is 2.41. The summed E-state index contributed by atoms with van der Waals surface area (Å²) in [6.07, 6.45) is 0. The molecular formula is C20H23FN2O2. The number of halogens is 1. The number of hydrogen-bond acceptors (Lipinski definition) is 2. The molecule has 0 radical (unpaired) electrons. The molecule has 0 fully saturated rings. The van der Waals surface area contributed by atoms with Gasteiger partial charge in [-0.05, 0) is 41.3 Å². The van der Waals surface area contributed by atoms with Crippen molar-refractivity contribution in [1.29, 1.82) is 0 Å². The van der Waals surface area contributed by atoms with Crippen molar-refractivity contribution in [2.45, 2.75) is 33.2 Å². The normalized spacial score (nSPS) is 10.6. The zero-order valence-corrected chi connectivity index (χ0v) is 14.8. The van der Waals surface area contributed by atoms with Crippen LogP contribution in [-0.2, 0) is 16.1 Å². The predicted octanol–water partition coefficient (Wildman–Crippen LogP) is 3.94. The highest BCUT2D eigenvalue weighted by Gasteiger charge is 2.14. The smallest absolute Gasteiger partial charge is 0.244 e. The van der Waals surface area contributed by atoms with Crippen molar-refractivity contribution in [3.8, 4) is 0 Å². The first kappa shape index (κ1) is 18.6. The molecule has 4 nitrogen and oxygen atoms in total. The molecule has 0 aliphatic carbocycles. The average Bonchev–Trinajstić information content (AvgIpc) is 2.56. The molecule has 2 aromatic rings. The summed E-state index contributed by atoms with van der Waals surface area (Å²) in [5.41, 5.74) is 2.66. The minimum absolute atomic E-state index is 0.0569. The molecule has 25 heavy (non-hydrogen) atoms. The molecule has 0 saturated heterocycles. The first-order valence-corrected chi connectivity index (χ1v) is 8.25. The maximum atomic E-state index is 13.0. The van der Waals surface area contributed by atoms with Gasteiger partial charge in [-0.25, -0.2) is 4.39 Å². The van der Waals surface area contributed by atoms with Crippen molar-refractivity contribution in [2.75, 3.05) is 11.9 Å². The van der Waals surface area contributed by atoms with Crippen molar-refractivity contribution >= 4 is 17.5 Å². The van der Waals surface area contributed by atoms with Gasteiger partial charge in [-0.1, -0.05) is 38.1 Å². The quantitative estimate of drug-likeness (QED) is 0.864. The molecule has 2 amide bonds. The van der Waals surface area contributed by atoms with Gasteiger partial charge in [-0.2, -0.15) is 0 Å². The van der Waals surface area contributed by atoms with Crippen LogP contribution in [0, 0.1) is 5.82 Å². The third-order valence-corrected chi connectivity index (χ3v) is 3.93. The summed E-state index contributed by atoms with van der Waals surface area (Å²) in [5, 5.41) is 2.80. The SMILES string of the molecule is CC(=O)N(CC(=O)Nc1ccc(C(C)C)cc1)Cc1ccc(F)cc1. The lowest BCUT2D eigenvalue weighted by Gasteiger charge is -2.20. The van der Waals surface area contributed by atoms with Crippen LogP contribution in [0.3, 0.4) is 0 Å². The minimum Gasteiger partial charge on any atom is -0.329 e. The zero-order valence-electron chi connectivity index (χ0n) is 14.8. The highest BCUT2D eigenvalue weighted by Crippen LogP contribution is 2.17. The highest BCUT2D eigenvalue weighted by molar-refractivity contribution is 5.94. The number of anilines is 1. The van der Waals surface area contributed by atoms with E-state index in [2.05, 4.69) is 19.2 Å². The predicted molar refractivity (Wildman–Crippen MR) is 96.7 cm³/mol. The van der Waals surface area contributed by atoms with Crippen LogP contribution in [0.4, 0.5) is 10.1 Å². The van der Waals surface area contributed by atoms with Crippen LogP contribution in [0.1, 0.15) is 37.8 Å². The molecule has 0 atom stereocenters. The average molecular weight is 342 g/mol. The lowest BCUT2D eigenvalue weighted by Crippen LogP contribution is -2.36. The Kier molecular flexibility index (Phi) is 6.28.